The van der Waals surface area contributed by atoms with Crippen LogP contribution in [0.25, 0.3) is 16.7 Å². The zero-order valence-corrected chi connectivity index (χ0v) is 10.8. The Bertz CT molecular complexity index is 989. The topological polar surface area (TPSA) is 77.1 Å². The SMILES string of the molecule is O=c1c2cnc3ncnn3c2ccn1Nc1ccccc1. The van der Waals surface area contributed by atoms with Gasteiger partial charge in [0.2, 0.25) is 0 Å². The molecule has 0 atom stereocenters. The number of nitrogens with zero attached hydrogens (tertiary/aromatic N) is 5. The van der Waals surface area contributed by atoms with Gasteiger partial charge in [0.1, 0.15) is 6.33 Å². The highest BCUT2D eigenvalue weighted by Crippen LogP contribution is 2.10. The van der Waals surface area contributed by atoms with Gasteiger partial charge in [-0.15, -0.1) is 0 Å². The maximum Gasteiger partial charge on any atom is 0.280 e. The van der Waals surface area contributed by atoms with E-state index in [4.69, 9.17) is 0 Å². The zero-order valence-electron chi connectivity index (χ0n) is 10.8. The zero-order chi connectivity index (χ0) is 14.2. The second-order valence-corrected chi connectivity index (χ2v) is 4.50. The van der Waals surface area contributed by atoms with Crippen molar-refractivity contribution in [2.45, 2.75) is 0 Å². The van der Waals surface area contributed by atoms with E-state index < -0.39 is 0 Å². The number of hydrogen-bond donors (Lipinski definition) is 1. The number of pyridine rings is 1. The smallest absolute Gasteiger partial charge is 0.280 e. The average Bonchev–Trinajstić information content (AvgIpc) is 3.00. The first-order valence-corrected chi connectivity index (χ1v) is 6.35. The molecular weight excluding hydrogens is 268 g/mol. The Kier molecular flexibility index (Phi) is 2.43. The molecule has 0 saturated heterocycles. The number of benzene rings is 1. The first kappa shape index (κ1) is 11.6. The van der Waals surface area contributed by atoms with Crippen LogP contribution in [0.15, 0.2) is 59.9 Å². The Labute approximate surface area is 118 Å². The van der Waals surface area contributed by atoms with Gasteiger partial charge in [-0.3, -0.25) is 10.2 Å². The molecule has 3 aromatic heterocycles. The molecule has 0 fully saturated rings. The molecule has 0 aliphatic carbocycles. The van der Waals surface area contributed by atoms with E-state index in [9.17, 15) is 4.79 Å². The van der Waals surface area contributed by atoms with E-state index in [2.05, 4.69) is 20.5 Å². The highest BCUT2D eigenvalue weighted by Gasteiger charge is 2.08. The summed E-state index contributed by atoms with van der Waals surface area (Å²) in [6.45, 7) is 0. The fraction of sp³-hybridized carbons (Fsp3) is 0. The molecule has 0 bridgehead atoms. The van der Waals surface area contributed by atoms with Crippen molar-refractivity contribution >= 4 is 22.4 Å². The molecule has 102 valence electrons. The van der Waals surface area contributed by atoms with Crippen LogP contribution < -0.4 is 11.0 Å². The van der Waals surface area contributed by atoms with Gasteiger partial charge < -0.3 is 0 Å². The fourth-order valence-corrected chi connectivity index (χ4v) is 2.20. The number of nitrogens with one attached hydrogen (secondary N) is 1. The van der Waals surface area contributed by atoms with Crippen molar-refractivity contribution < 1.29 is 0 Å². The molecule has 4 aromatic rings. The second kappa shape index (κ2) is 4.41. The molecule has 1 aromatic carbocycles. The number of anilines is 1. The third-order valence-electron chi connectivity index (χ3n) is 3.20. The van der Waals surface area contributed by atoms with Crippen LogP contribution >= 0.6 is 0 Å². The minimum absolute atomic E-state index is 0.193. The lowest BCUT2D eigenvalue weighted by atomic mass is 10.3. The van der Waals surface area contributed by atoms with Crippen molar-refractivity contribution in [3.05, 3.63) is 65.5 Å². The van der Waals surface area contributed by atoms with Crippen molar-refractivity contribution in [2.24, 2.45) is 0 Å². The monoisotopic (exact) mass is 278 g/mol. The van der Waals surface area contributed by atoms with Gasteiger partial charge in [-0.2, -0.15) is 14.6 Å². The van der Waals surface area contributed by atoms with E-state index in [-0.39, 0.29) is 5.56 Å². The van der Waals surface area contributed by atoms with Gasteiger partial charge in [-0.05, 0) is 18.2 Å². The number of para-hydroxylation sites is 1. The lowest BCUT2D eigenvalue weighted by molar-refractivity contribution is 0.901. The number of aromatic nitrogens is 5. The lowest BCUT2D eigenvalue weighted by Crippen LogP contribution is -2.26. The first-order chi connectivity index (χ1) is 10.3. The Morgan fingerprint density at radius 3 is 2.76 bits per heavy atom. The molecule has 21 heavy (non-hydrogen) atoms. The van der Waals surface area contributed by atoms with Crippen molar-refractivity contribution in [3.63, 3.8) is 0 Å². The standard InChI is InChI=1S/C14H10N6O/c21-13-11-8-15-14-16-9-17-20(14)12(11)6-7-19(13)18-10-4-2-1-3-5-10/h1-9,18H. The van der Waals surface area contributed by atoms with E-state index in [1.165, 1.54) is 17.2 Å². The van der Waals surface area contributed by atoms with E-state index in [1.54, 1.807) is 16.8 Å². The van der Waals surface area contributed by atoms with Crippen LogP contribution in [0, 0.1) is 0 Å². The molecule has 0 spiro atoms. The first-order valence-electron chi connectivity index (χ1n) is 6.35. The maximum absolute atomic E-state index is 12.5. The fourth-order valence-electron chi connectivity index (χ4n) is 2.20. The van der Waals surface area contributed by atoms with Gasteiger partial charge >= 0.3 is 0 Å². The predicted molar refractivity (Wildman–Crippen MR) is 78.0 cm³/mol. The summed E-state index contributed by atoms with van der Waals surface area (Å²) >= 11 is 0. The van der Waals surface area contributed by atoms with Crippen molar-refractivity contribution in [1.29, 1.82) is 0 Å². The van der Waals surface area contributed by atoms with Crippen LogP contribution in [-0.4, -0.2) is 24.3 Å². The number of rotatable bonds is 2. The lowest BCUT2D eigenvalue weighted by Gasteiger charge is -2.10. The molecule has 7 heteroatoms. The summed E-state index contributed by atoms with van der Waals surface area (Å²) in [5.41, 5.74) is 4.35. The summed E-state index contributed by atoms with van der Waals surface area (Å²) in [5, 5.41) is 4.55. The predicted octanol–water partition coefficient (Wildman–Crippen LogP) is 1.31. The van der Waals surface area contributed by atoms with Gasteiger partial charge in [0.25, 0.3) is 11.3 Å². The molecule has 0 radical (unpaired) electrons. The summed E-state index contributed by atoms with van der Waals surface area (Å²) in [6, 6.07) is 11.3. The molecule has 0 unspecified atom stereocenters. The van der Waals surface area contributed by atoms with Crippen LogP contribution in [-0.2, 0) is 0 Å². The molecule has 0 saturated carbocycles. The third kappa shape index (κ3) is 1.83. The Balaban J connectivity index is 1.90. The second-order valence-electron chi connectivity index (χ2n) is 4.50. The van der Waals surface area contributed by atoms with Crippen LogP contribution in [0.4, 0.5) is 5.69 Å². The average molecular weight is 278 g/mol. The largest absolute Gasteiger partial charge is 0.292 e. The normalized spacial score (nSPS) is 11.0. The molecule has 0 aliphatic rings. The molecule has 7 nitrogen and oxygen atoms in total. The third-order valence-corrected chi connectivity index (χ3v) is 3.20. The Morgan fingerprint density at radius 1 is 1.05 bits per heavy atom. The van der Waals surface area contributed by atoms with Crippen molar-refractivity contribution in [3.8, 4) is 0 Å². The summed E-state index contributed by atoms with van der Waals surface area (Å²) in [4.78, 5) is 20.6. The van der Waals surface area contributed by atoms with Crippen LogP contribution in [0.1, 0.15) is 0 Å². The Morgan fingerprint density at radius 2 is 1.90 bits per heavy atom. The summed E-state index contributed by atoms with van der Waals surface area (Å²) in [6.07, 6.45) is 4.60. The van der Waals surface area contributed by atoms with Crippen LogP contribution in [0.5, 0.6) is 0 Å². The molecule has 1 N–H and O–H groups in total. The van der Waals surface area contributed by atoms with Gasteiger partial charge in [-0.25, -0.2) is 9.66 Å². The molecule has 0 aliphatic heterocycles. The molecule has 4 rings (SSSR count). The highest BCUT2D eigenvalue weighted by atomic mass is 16.1. The van der Waals surface area contributed by atoms with E-state index in [0.717, 1.165) is 5.69 Å². The van der Waals surface area contributed by atoms with Gasteiger partial charge in [0.05, 0.1) is 16.6 Å². The minimum atomic E-state index is -0.193. The van der Waals surface area contributed by atoms with Crippen molar-refractivity contribution in [1.82, 2.24) is 24.3 Å². The Hall–Kier alpha value is -3.22. The van der Waals surface area contributed by atoms with Crippen molar-refractivity contribution in [2.75, 3.05) is 5.43 Å². The van der Waals surface area contributed by atoms with E-state index in [1.807, 2.05) is 30.3 Å². The molecule has 3 heterocycles. The number of hydrogen-bond acceptors (Lipinski definition) is 5. The van der Waals surface area contributed by atoms with E-state index >= 15 is 0 Å². The van der Waals surface area contributed by atoms with Gasteiger partial charge in [0.15, 0.2) is 0 Å². The number of fused-ring (bicyclic) bond motifs is 3. The maximum atomic E-state index is 12.5. The van der Waals surface area contributed by atoms with Gasteiger partial charge in [-0.1, -0.05) is 18.2 Å². The van der Waals surface area contributed by atoms with Crippen LogP contribution in [0.2, 0.25) is 0 Å². The summed E-state index contributed by atoms with van der Waals surface area (Å²) < 4.78 is 2.96. The quantitative estimate of drug-likeness (QED) is 0.598. The summed E-state index contributed by atoms with van der Waals surface area (Å²) in [5.74, 6) is 0.468. The summed E-state index contributed by atoms with van der Waals surface area (Å²) in [7, 11) is 0. The minimum Gasteiger partial charge on any atom is -0.292 e. The highest BCUT2D eigenvalue weighted by molar-refractivity contribution is 5.78. The van der Waals surface area contributed by atoms with Gasteiger partial charge in [0, 0.05) is 12.4 Å². The molecular formula is C14H10N6O. The molecule has 0 amide bonds. The van der Waals surface area contributed by atoms with Crippen LogP contribution in [0.3, 0.4) is 0 Å². The van der Waals surface area contributed by atoms with E-state index in [0.29, 0.717) is 16.7 Å².